The van der Waals surface area contributed by atoms with Crippen LogP contribution >= 0.6 is 0 Å². The highest BCUT2D eigenvalue weighted by Crippen LogP contribution is 2.24. The molecule has 0 aromatic carbocycles. The van der Waals surface area contributed by atoms with Gasteiger partial charge in [-0.1, -0.05) is 0 Å². The van der Waals surface area contributed by atoms with Gasteiger partial charge in [0.2, 0.25) is 11.8 Å². The highest BCUT2D eigenvalue weighted by molar-refractivity contribution is 5.89. The summed E-state index contributed by atoms with van der Waals surface area (Å²) in [5, 5.41) is 0. The van der Waals surface area contributed by atoms with Crippen LogP contribution in [0, 0.1) is 0 Å². The smallest absolute Gasteiger partial charge is 0.328 e. The molecule has 2 atom stereocenters. The van der Waals surface area contributed by atoms with Crippen LogP contribution in [0.3, 0.4) is 0 Å². The van der Waals surface area contributed by atoms with E-state index in [1.165, 1.54) is 12.0 Å². The number of amides is 2. The summed E-state index contributed by atoms with van der Waals surface area (Å²) in [7, 11) is 1.31. The maximum atomic E-state index is 12.2. The number of likely N-dealkylation sites (tertiary alicyclic amines) is 1. The second-order valence-electron chi connectivity index (χ2n) is 5.42. The first-order valence-corrected chi connectivity index (χ1v) is 7.29. The van der Waals surface area contributed by atoms with Gasteiger partial charge in [0.05, 0.1) is 20.3 Å². The fourth-order valence-electron chi connectivity index (χ4n) is 2.92. The van der Waals surface area contributed by atoms with Gasteiger partial charge in [0.15, 0.2) is 0 Å². The molecule has 2 saturated heterocycles. The molecule has 2 aliphatic rings. The van der Waals surface area contributed by atoms with E-state index in [9.17, 15) is 14.4 Å². The Morgan fingerprint density at radius 3 is 2.67 bits per heavy atom. The second kappa shape index (κ2) is 6.89. The zero-order valence-electron chi connectivity index (χ0n) is 12.5. The van der Waals surface area contributed by atoms with Crippen LogP contribution in [-0.4, -0.2) is 73.1 Å². The quantitative estimate of drug-likeness (QED) is 0.671. The molecule has 2 rings (SSSR count). The topological polar surface area (TPSA) is 76.2 Å². The van der Waals surface area contributed by atoms with Crippen molar-refractivity contribution in [2.45, 2.75) is 38.3 Å². The monoisotopic (exact) mass is 298 g/mol. The Morgan fingerprint density at radius 2 is 2.05 bits per heavy atom. The molecule has 2 unspecified atom stereocenters. The van der Waals surface area contributed by atoms with Gasteiger partial charge in [0, 0.05) is 32.0 Å². The third kappa shape index (κ3) is 3.53. The number of nitrogens with zero attached hydrogens (tertiary/aromatic N) is 2. The molecule has 7 heteroatoms. The van der Waals surface area contributed by atoms with Crippen molar-refractivity contribution in [3.05, 3.63) is 0 Å². The molecule has 0 aromatic rings. The molecular weight excluding hydrogens is 276 g/mol. The van der Waals surface area contributed by atoms with Crippen molar-refractivity contribution in [1.82, 2.24) is 9.80 Å². The number of hydrogen-bond acceptors (Lipinski definition) is 5. The van der Waals surface area contributed by atoms with Crippen LogP contribution in [0.2, 0.25) is 0 Å². The number of esters is 1. The Kier molecular flexibility index (Phi) is 5.17. The minimum absolute atomic E-state index is 0.00545. The van der Waals surface area contributed by atoms with Crippen LogP contribution < -0.4 is 0 Å². The number of ether oxygens (including phenoxy) is 2. The lowest BCUT2D eigenvalue weighted by Gasteiger charge is -2.32. The van der Waals surface area contributed by atoms with Crippen molar-refractivity contribution in [3.8, 4) is 0 Å². The first-order chi connectivity index (χ1) is 10.0. The van der Waals surface area contributed by atoms with E-state index < -0.39 is 12.0 Å². The minimum Gasteiger partial charge on any atom is -0.467 e. The van der Waals surface area contributed by atoms with Gasteiger partial charge in [0.1, 0.15) is 6.04 Å². The number of rotatable bonds is 4. The van der Waals surface area contributed by atoms with Gasteiger partial charge in [-0.15, -0.1) is 0 Å². The lowest BCUT2D eigenvalue weighted by molar-refractivity contribution is -0.151. The zero-order valence-corrected chi connectivity index (χ0v) is 12.5. The molecule has 118 valence electrons. The third-order valence-corrected chi connectivity index (χ3v) is 4.04. The standard InChI is InChI=1S/C14H22N2O5/c1-10(9-13(18)15-5-7-21-8-6-15)16-11(14(19)20-2)3-4-12(16)17/h10-11H,3-9H2,1-2H3. The molecule has 2 amide bonds. The SMILES string of the molecule is COC(=O)C1CCC(=O)N1C(C)CC(=O)N1CCOCC1. The van der Waals surface area contributed by atoms with Crippen molar-refractivity contribution in [2.24, 2.45) is 0 Å². The Balaban J connectivity index is 1.97. The van der Waals surface area contributed by atoms with E-state index in [-0.39, 0.29) is 24.3 Å². The van der Waals surface area contributed by atoms with Crippen molar-refractivity contribution in [3.63, 3.8) is 0 Å². The van der Waals surface area contributed by atoms with Gasteiger partial charge < -0.3 is 19.3 Å². The Labute approximate surface area is 124 Å². The summed E-state index contributed by atoms with van der Waals surface area (Å²) >= 11 is 0. The molecule has 2 fully saturated rings. The fourth-order valence-corrected chi connectivity index (χ4v) is 2.92. The van der Waals surface area contributed by atoms with Crippen LogP contribution in [0.25, 0.3) is 0 Å². The van der Waals surface area contributed by atoms with Crippen LogP contribution in [0.5, 0.6) is 0 Å². The Morgan fingerprint density at radius 1 is 1.38 bits per heavy atom. The third-order valence-electron chi connectivity index (χ3n) is 4.04. The molecule has 0 aliphatic carbocycles. The number of hydrogen-bond donors (Lipinski definition) is 0. The Bertz CT molecular complexity index is 420. The predicted octanol–water partition coefficient (Wildman–Crippen LogP) is -0.212. The molecule has 0 spiro atoms. The molecule has 0 bridgehead atoms. The van der Waals surface area contributed by atoms with E-state index in [0.29, 0.717) is 39.1 Å². The second-order valence-corrected chi connectivity index (χ2v) is 5.42. The molecule has 0 N–H and O–H groups in total. The molecule has 0 saturated carbocycles. The van der Waals surface area contributed by atoms with E-state index in [2.05, 4.69) is 0 Å². The molecule has 0 radical (unpaired) electrons. The van der Waals surface area contributed by atoms with Crippen molar-refractivity contribution in [2.75, 3.05) is 33.4 Å². The molecular formula is C14H22N2O5. The summed E-state index contributed by atoms with van der Waals surface area (Å²) in [6.45, 7) is 4.07. The van der Waals surface area contributed by atoms with Crippen molar-refractivity contribution in [1.29, 1.82) is 0 Å². The summed E-state index contributed by atoms with van der Waals surface area (Å²) in [6, 6.07) is -0.866. The van der Waals surface area contributed by atoms with E-state index in [4.69, 9.17) is 9.47 Å². The van der Waals surface area contributed by atoms with E-state index in [0.717, 1.165) is 0 Å². The normalized spacial score (nSPS) is 24.1. The summed E-state index contributed by atoms with van der Waals surface area (Å²) in [5.41, 5.74) is 0. The van der Waals surface area contributed by atoms with E-state index in [1.54, 1.807) is 11.8 Å². The van der Waals surface area contributed by atoms with E-state index in [1.807, 2.05) is 0 Å². The molecule has 7 nitrogen and oxygen atoms in total. The molecule has 2 aliphatic heterocycles. The highest BCUT2D eigenvalue weighted by atomic mass is 16.5. The summed E-state index contributed by atoms with van der Waals surface area (Å²) in [5.74, 6) is -0.506. The maximum absolute atomic E-state index is 12.2. The van der Waals surface area contributed by atoms with Gasteiger partial charge in [-0.25, -0.2) is 4.79 Å². The largest absolute Gasteiger partial charge is 0.467 e. The van der Waals surface area contributed by atoms with Crippen LogP contribution in [0.15, 0.2) is 0 Å². The van der Waals surface area contributed by atoms with Gasteiger partial charge in [-0.2, -0.15) is 0 Å². The van der Waals surface area contributed by atoms with Gasteiger partial charge in [-0.3, -0.25) is 9.59 Å². The van der Waals surface area contributed by atoms with E-state index >= 15 is 0 Å². The predicted molar refractivity (Wildman–Crippen MR) is 73.4 cm³/mol. The average molecular weight is 298 g/mol. The number of morpholine rings is 1. The Hall–Kier alpha value is -1.63. The summed E-state index contributed by atoms with van der Waals surface area (Å²) < 4.78 is 9.95. The minimum atomic E-state index is -0.560. The zero-order chi connectivity index (χ0) is 15.4. The lowest BCUT2D eigenvalue weighted by atomic mass is 10.1. The molecule has 0 aromatic heterocycles. The number of carbonyl (C=O) groups excluding carboxylic acids is 3. The lowest BCUT2D eigenvalue weighted by Crippen LogP contribution is -2.48. The maximum Gasteiger partial charge on any atom is 0.328 e. The highest BCUT2D eigenvalue weighted by Gasteiger charge is 2.40. The number of carbonyl (C=O) groups is 3. The number of methoxy groups -OCH3 is 1. The molecule has 2 heterocycles. The first-order valence-electron chi connectivity index (χ1n) is 7.29. The molecule has 21 heavy (non-hydrogen) atoms. The van der Waals surface area contributed by atoms with Crippen LogP contribution in [0.4, 0.5) is 0 Å². The van der Waals surface area contributed by atoms with Crippen molar-refractivity contribution < 1.29 is 23.9 Å². The van der Waals surface area contributed by atoms with Crippen molar-refractivity contribution >= 4 is 17.8 Å². The van der Waals surface area contributed by atoms with Gasteiger partial charge in [0.25, 0.3) is 0 Å². The summed E-state index contributed by atoms with van der Waals surface area (Å²) in [6.07, 6.45) is 1.01. The van der Waals surface area contributed by atoms with Gasteiger partial charge >= 0.3 is 5.97 Å². The fraction of sp³-hybridized carbons (Fsp3) is 0.786. The first kappa shape index (κ1) is 15.8. The van der Waals surface area contributed by atoms with Gasteiger partial charge in [-0.05, 0) is 13.3 Å². The van der Waals surface area contributed by atoms with Crippen LogP contribution in [-0.2, 0) is 23.9 Å². The summed E-state index contributed by atoms with van der Waals surface area (Å²) in [4.78, 5) is 39.2. The van der Waals surface area contributed by atoms with Crippen LogP contribution in [0.1, 0.15) is 26.2 Å². The average Bonchev–Trinajstić information content (AvgIpc) is 2.89.